The summed E-state index contributed by atoms with van der Waals surface area (Å²) in [4.78, 5) is 23.7. The van der Waals surface area contributed by atoms with E-state index in [0.717, 1.165) is 5.56 Å². The summed E-state index contributed by atoms with van der Waals surface area (Å²) >= 11 is 3.22. The van der Waals surface area contributed by atoms with Gasteiger partial charge in [0.1, 0.15) is 11.5 Å². The van der Waals surface area contributed by atoms with Crippen molar-refractivity contribution in [3.05, 3.63) is 33.3 Å². The van der Waals surface area contributed by atoms with Crippen LogP contribution in [0, 0.1) is 0 Å². The average Bonchev–Trinajstić information content (AvgIpc) is 2.56. The minimum absolute atomic E-state index is 0.103. The number of aromatic hydroxyl groups is 1. The van der Waals surface area contributed by atoms with Crippen LogP contribution in [0.3, 0.4) is 0 Å². The zero-order chi connectivity index (χ0) is 18.3. The smallest absolute Gasteiger partial charge is 0.334 e. The summed E-state index contributed by atoms with van der Waals surface area (Å²) in [6.45, 7) is 5.44. The van der Waals surface area contributed by atoms with Gasteiger partial charge in [0, 0.05) is 17.7 Å². The second-order valence-electron chi connectivity index (χ2n) is 5.09. The van der Waals surface area contributed by atoms with Crippen molar-refractivity contribution in [1.29, 1.82) is 0 Å². The third-order valence-corrected chi connectivity index (χ3v) is 4.15. The molecule has 1 aromatic rings. The highest BCUT2D eigenvalue weighted by Gasteiger charge is 2.15. The van der Waals surface area contributed by atoms with Crippen molar-refractivity contribution in [3.8, 4) is 11.5 Å². The molecule has 0 aliphatic heterocycles. The number of methoxy groups -OCH3 is 1. The standard InChI is InChI=1S/C17H22BrNO5/c1-5-24-17(22)11(3)10(2)16(21)19-7-6-12-8-14(20)13(18)9-15(12)23-4/h8-9,20H,5-7H2,1-4H3,(H,19,21)/b11-10-. The van der Waals surface area contributed by atoms with E-state index in [-0.39, 0.29) is 23.8 Å². The number of hydrogen-bond donors (Lipinski definition) is 2. The van der Waals surface area contributed by atoms with E-state index >= 15 is 0 Å². The first-order valence-corrected chi connectivity index (χ1v) is 8.29. The van der Waals surface area contributed by atoms with Gasteiger partial charge < -0.3 is 19.9 Å². The second kappa shape index (κ2) is 9.32. The predicted octanol–water partition coefficient (Wildman–Crippen LogP) is 2.72. The summed E-state index contributed by atoms with van der Waals surface area (Å²) in [5.74, 6) is -0.110. The van der Waals surface area contributed by atoms with Crippen LogP contribution in [0.5, 0.6) is 11.5 Å². The first-order valence-electron chi connectivity index (χ1n) is 7.49. The number of carbonyl (C=O) groups excluding carboxylic acids is 2. The van der Waals surface area contributed by atoms with E-state index in [9.17, 15) is 14.7 Å². The van der Waals surface area contributed by atoms with Crippen LogP contribution in [0.4, 0.5) is 0 Å². The summed E-state index contributed by atoms with van der Waals surface area (Å²) in [5, 5.41) is 12.5. The quantitative estimate of drug-likeness (QED) is 0.543. The van der Waals surface area contributed by atoms with Crippen LogP contribution in [-0.2, 0) is 20.7 Å². The number of carbonyl (C=O) groups is 2. The molecule has 7 heteroatoms. The Bertz CT molecular complexity index is 655. The van der Waals surface area contributed by atoms with E-state index in [1.807, 2.05) is 0 Å². The van der Waals surface area contributed by atoms with Gasteiger partial charge in [0.05, 0.1) is 18.2 Å². The van der Waals surface area contributed by atoms with Gasteiger partial charge in [0.2, 0.25) is 5.91 Å². The Hall–Kier alpha value is -2.02. The molecule has 1 rings (SSSR count). The summed E-state index contributed by atoms with van der Waals surface area (Å²) in [7, 11) is 1.54. The van der Waals surface area contributed by atoms with Crippen molar-refractivity contribution in [2.45, 2.75) is 27.2 Å². The van der Waals surface area contributed by atoms with Crippen LogP contribution < -0.4 is 10.1 Å². The molecule has 0 radical (unpaired) electrons. The highest BCUT2D eigenvalue weighted by molar-refractivity contribution is 9.10. The van der Waals surface area contributed by atoms with Crippen LogP contribution in [0.1, 0.15) is 26.3 Å². The number of phenols is 1. The van der Waals surface area contributed by atoms with Gasteiger partial charge in [0.25, 0.3) is 0 Å². The number of ether oxygens (including phenoxy) is 2. The Morgan fingerprint density at radius 2 is 1.92 bits per heavy atom. The molecule has 1 aromatic carbocycles. The van der Waals surface area contributed by atoms with Crippen LogP contribution in [-0.4, -0.2) is 37.2 Å². The Balaban J connectivity index is 2.71. The molecule has 6 nitrogen and oxygen atoms in total. The lowest BCUT2D eigenvalue weighted by Gasteiger charge is -2.12. The number of esters is 1. The molecular formula is C17H22BrNO5. The highest BCUT2D eigenvalue weighted by Crippen LogP contribution is 2.32. The van der Waals surface area contributed by atoms with Gasteiger partial charge >= 0.3 is 5.97 Å². The van der Waals surface area contributed by atoms with E-state index in [4.69, 9.17) is 9.47 Å². The lowest BCUT2D eigenvalue weighted by molar-refractivity contribution is -0.138. The number of phenolic OH excluding ortho intramolecular Hbond substituents is 1. The molecule has 2 N–H and O–H groups in total. The number of hydrogen-bond acceptors (Lipinski definition) is 5. The summed E-state index contributed by atoms with van der Waals surface area (Å²) in [6, 6.07) is 3.25. The van der Waals surface area contributed by atoms with Gasteiger partial charge in [-0.15, -0.1) is 0 Å². The van der Waals surface area contributed by atoms with Crippen LogP contribution in [0.15, 0.2) is 27.8 Å². The predicted molar refractivity (Wildman–Crippen MR) is 94.1 cm³/mol. The van der Waals surface area contributed by atoms with Crippen LogP contribution >= 0.6 is 15.9 Å². The second-order valence-corrected chi connectivity index (χ2v) is 5.95. The van der Waals surface area contributed by atoms with Crippen molar-refractivity contribution < 1.29 is 24.2 Å². The van der Waals surface area contributed by atoms with E-state index in [0.29, 0.717) is 28.8 Å². The summed E-state index contributed by atoms with van der Waals surface area (Å²) in [5.41, 5.74) is 1.37. The minimum atomic E-state index is -0.496. The molecule has 0 bridgehead atoms. The molecule has 1 amide bonds. The number of amides is 1. The van der Waals surface area contributed by atoms with Gasteiger partial charge in [-0.2, -0.15) is 0 Å². The number of nitrogens with one attached hydrogen (secondary N) is 1. The molecule has 0 saturated carbocycles. The van der Waals surface area contributed by atoms with Gasteiger partial charge in [-0.1, -0.05) is 0 Å². The van der Waals surface area contributed by atoms with Crippen molar-refractivity contribution in [2.75, 3.05) is 20.3 Å². The normalized spacial score (nSPS) is 11.5. The molecule has 0 heterocycles. The Labute approximate surface area is 150 Å². The third kappa shape index (κ3) is 5.26. The number of halogens is 1. The zero-order valence-electron chi connectivity index (χ0n) is 14.2. The van der Waals surface area contributed by atoms with E-state index in [2.05, 4.69) is 21.2 Å². The lowest BCUT2D eigenvalue weighted by atomic mass is 10.1. The molecule has 0 unspecified atom stereocenters. The Kier molecular flexibility index (Phi) is 7.78. The van der Waals surface area contributed by atoms with Gasteiger partial charge in [0.15, 0.2) is 0 Å². The van der Waals surface area contributed by atoms with Crippen LogP contribution in [0.2, 0.25) is 0 Å². The maximum absolute atomic E-state index is 12.1. The largest absolute Gasteiger partial charge is 0.507 e. The maximum Gasteiger partial charge on any atom is 0.334 e. The zero-order valence-corrected chi connectivity index (χ0v) is 15.8. The fraction of sp³-hybridized carbons (Fsp3) is 0.412. The van der Waals surface area contributed by atoms with E-state index in [1.165, 1.54) is 7.11 Å². The monoisotopic (exact) mass is 399 g/mol. The third-order valence-electron chi connectivity index (χ3n) is 3.51. The molecule has 0 aliphatic rings. The molecular weight excluding hydrogens is 378 g/mol. The van der Waals surface area contributed by atoms with Gasteiger partial charge in [-0.25, -0.2) is 4.79 Å². The minimum Gasteiger partial charge on any atom is -0.507 e. The molecule has 132 valence electrons. The first kappa shape index (κ1) is 20.0. The molecule has 0 aliphatic carbocycles. The van der Waals surface area contributed by atoms with E-state index < -0.39 is 5.97 Å². The van der Waals surface area contributed by atoms with Crippen molar-refractivity contribution in [3.63, 3.8) is 0 Å². The fourth-order valence-corrected chi connectivity index (χ4v) is 2.30. The topological polar surface area (TPSA) is 84.9 Å². The Morgan fingerprint density at radius 3 is 2.50 bits per heavy atom. The Morgan fingerprint density at radius 1 is 1.25 bits per heavy atom. The SMILES string of the molecule is CCOC(=O)/C(C)=C(/C)C(=O)NCCc1cc(O)c(Br)cc1OC. The maximum atomic E-state index is 12.1. The first-order chi connectivity index (χ1) is 11.3. The van der Waals surface area contributed by atoms with Gasteiger partial charge in [-0.05, 0) is 60.8 Å². The molecule has 0 aromatic heterocycles. The van der Waals surface area contributed by atoms with Crippen molar-refractivity contribution >= 4 is 27.8 Å². The lowest BCUT2D eigenvalue weighted by Crippen LogP contribution is -2.28. The molecule has 0 fully saturated rings. The fourth-order valence-electron chi connectivity index (χ4n) is 1.98. The summed E-state index contributed by atoms with van der Waals surface area (Å²) in [6.07, 6.45) is 0.474. The average molecular weight is 400 g/mol. The number of rotatable bonds is 7. The number of benzene rings is 1. The van der Waals surface area contributed by atoms with Crippen LogP contribution in [0.25, 0.3) is 0 Å². The van der Waals surface area contributed by atoms with Gasteiger partial charge in [-0.3, -0.25) is 4.79 Å². The highest BCUT2D eigenvalue weighted by atomic mass is 79.9. The van der Waals surface area contributed by atoms with Crippen molar-refractivity contribution in [1.82, 2.24) is 5.32 Å². The molecule has 0 spiro atoms. The van der Waals surface area contributed by atoms with Crippen molar-refractivity contribution in [2.24, 2.45) is 0 Å². The molecule has 0 atom stereocenters. The summed E-state index contributed by atoms with van der Waals surface area (Å²) < 4.78 is 10.7. The van der Waals surface area contributed by atoms with E-state index in [1.54, 1.807) is 32.9 Å². The molecule has 0 saturated heterocycles. The molecule has 24 heavy (non-hydrogen) atoms.